The van der Waals surface area contributed by atoms with E-state index in [1.807, 2.05) is 36.4 Å². The zero-order valence-electron chi connectivity index (χ0n) is 13.0. The predicted octanol–water partition coefficient (Wildman–Crippen LogP) is 1.78. The molecule has 2 heterocycles. The van der Waals surface area contributed by atoms with Crippen molar-refractivity contribution in [3.63, 3.8) is 0 Å². The molecule has 0 atom stereocenters. The highest BCUT2D eigenvalue weighted by Gasteiger charge is 2.26. The number of nitrogens with zero attached hydrogens (tertiary/aromatic N) is 3. The lowest BCUT2D eigenvalue weighted by Crippen LogP contribution is -2.49. The number of benzene rings is 1. The lowest BCUT2D eigenvalue weighted by molar-refractivity contribution is 0.385. The molecule has 0 spiro atoms. The monoisotopic (exact) mass is 331 g/mol. The van der Waals surface area contributed by atoms with E-state index in [0.717, 1.165) is 24.5 Å². The van der Waals surface area contributed by atoms with Crippen LogP contribution in [0.5, 0.6) is 0 Å². The summed E-state index contributed by atoms with van der Waals surface area (Å²) in [6.07, 6.45) is 2.16. The molecular weight excluding hydrogens is 310 g/mol. The Bertz CT molecular complexity index is 712. The van der Waals surface area contributed by atoms with Gasteiger partial charge in [-0.1, -0.05) is 24.3 Å². The summed E-state index contributed by atoms with van der Waals surface area (Å²) >= 11 is 0. The molecule has 2 aromatic rings. The van der Waals surface area contributed by atoms with Crippen molar-refractivity contribution in [2.45, 2.75) is 6.42 Å². The number of para-hydroxylation sites is 1. The zero-order chi connectivity index (χ0) is 16.1. The topological polar surface area (TPSA) is 53.5 Å². The minimum absolute atomic E-state index is 0.120. The van der Waals surface area contributed by atoms with Crippen LogP contribution in [0.4, 0.5) is 5.69 Å². The van der Waals surface area contributed by atoms with Crippen LogP contribution in [0, 0.1) is 0 Å². The van der Waals surface area contributed by atoms with Crippen molar-refractivity contribution < 1.29 is 8.42 Å². The number of hydrogen-bond acceptors (Lipinski definition) is 4. The van der Waals surface area contributed by atoms with Crippen molar-refractivity contribution in [2.24, 2.45) is 0 Å². The maximum absolute atomic E-state index is 12.5. The summed E-state index contributed by atoms with van der Waals surface area (Å²) in [5.74, 6) is 0.120. The highest BCUT2D eigenvalue weighted by atomic mass is 32.2. The van der Waals surface area contributed by atoms with E-state index in [9.17, 15) is 8.42 Å². The molecule has 0 saturated carbocycles. The average Bonchev–Trinajstić information content (AvgIpc) is 2.62. The number of piperazine rings is 1. The molecule has 0 amide bonds. The molecule has 6 heteroatoms. The second-order valence-electron chi connectivity index (χ2n) is 5.61. The number of hydrogen-bond donors (Lipinski definition) is 0. The second kappa shape index (κ2) is 7.10. The average molecular weight is 331 g/mol. The molecule has 23 heavy (non-hydrogen) atoms. The minimum Gasteiger partial charge on any atom is -0.369 e. The Balaban J connectivity index is 1.56. The molecule has 1 aromatic heterocycles. The molecule has 1 aliphatic heterocycles. The van der Waals surface area contributed by atoms with Gasteiger partial charge in [-0.15, -0.1) is 0 Å². The summed E-state index contributed by atoms with van der Waals surface area (Å²) in [5.41, 5.74) is 1.97. The van der Waals surface area contributed by atoms with Crippen LogP contribution in [-0.4, -0.2) is 49.6 Å². The molecule has 1 aromatic carbocycles. The maximum Gasteiger partial charge on any atom is 0.214 e. The van der Waals surface area contributed by atoms with Gasteiger partial charge in [-0.2, -0.15) is 4.31 Å². The summed E-state index contributed by atoms with van der Waals surface area (Å²) in [5, 5.41) is 0. The Labute approximate surface area is 137 Å². The van der Waals surface area contributed by atoms with Gasteiger partial charge in [0.05, 0.1) is 5.75 Å². The van der Waals surface area contributed by atoms with Crippen LogP contribution in [0.1, 0.15) is 5.69 Å². The normalized spacial score (nSPS) is 16.4. The fraction of sp³-hybridized carbons (Fsp3) is 0.353. The molecule has 5 nitrogen and oxygen atoms in total. The van der Waals surface area contributed by atoms with Gasteiger partial charge in [-0.25, -0.2) is 8.42 Å². The second-order valence-corrected chi connectivity index (χ2v) is 7.70. The number of anilines is 1. The zero-order valence-corrected chi connectivity index (χ0v) is 13.8. The molecular formula is C17H21N3O2S. The van der Waals surface area contributed by atoms with E-state index >= 15 is 0 Å². The van der Waals surface area contributed by atoms with Gasteiger partial charge < -0.3 is 4.90 Å². The molecule has 0 aliphatic carbocycles. The van der Waals surface area contributed by atoms with Crippen LogP contribution in [-0.2, 0) is 16.4 Å². The van der Waals surface area contributed by atoms with Gasteiger partial charge in [0, 0.05) is 50.2 Å². The van der Waals surface area contributed by atoms with Gasteiger partial charge in [-0.3, -0.25) is 4.98 Å². The number of sulfonamides is 1. The first-order valence-corrected chi connectivity index (χ1v) is 9.44. The molecule has 1 aliphatic rings. The largest absolute Gasteiger partial charge is 0.369 e. The third-order valence-corrected chi connectivity index (χ3v) is 5.97. The Morgan fingerprint density at radius 3 is 2.26 bits per heavy atom. The van der Waals surface area contributed by atoms with Crippen molar-refractivity contribution in [3.8, 4) is 0 Å². The van der Waals surface area contributed by atoms with Crippen LogP contribution in [0.15, 0.2) is 54.7 Å². The summed E-state index contributed by atoms with van der Waals surface area (Å²) in [6.45, 7) is 2.54. The number of pyridine rings is 1. The standard InChI is InChI=1S/C17H21N3O2S/c21-23(22,15-9-16-6-4-5-10-18-16)20-13-11-19(12-14-20)17-7-2-1-3-8-17/h1-8,10H,9,11-15H2. The Morgan fingerprint density at radius 1 is 0.913 bits per heavy atom. The maximum atomic E-state index is 12.5. The molecule has 1 saturated heterocycles. The summed E-state index contributed by atoms with van der Waals surface area (Å²) in [4.78, 5) is 6.41. The SMILES string of the molecule is O=S(=O)(CCc1ccccn1)N1CCN(c2ccccc2)CC1. The van der Waals surface area contributed by atoms with Gasteiger partial charge in [0.1, 0.15) is 0 Å². The van der Waals surface area contributed by atoms with E-state index in [2.05, 4.69) is 22.0 Å². The summed E-state index contributed by atoms with van der Waals surface area (Å²) in [7, 11) is -3.22. The number of rotatable bonds is 5. The van der Waals surface area contributed by atoms with Crippen molar-refractivity contribution in [1.82, 2.24) is 9.29 Å². The Morgan fingerprint density at radius 2 is 1.61 bits per heavy atom. The Kier molecular flexibility index (Phi) is 4.93. The summed E-state index contributed by atoms with van der Waals surface area (Å²) in [6, 6.07) is 15.7. The van der Waals surface area contributed by atoms with Gasteiger partial charge in [0.15, 0.2) is 0 Å². The quantitative estimate of drug-likeness (QED) is 0.838. The molecule has 0 bridgehead atoms. The fourth-order valence-corrected chi connectivity index (χ4v) is 4.22. The van der Waals surface area contributed by atoms with Crippen molar-refractivity contribution in [1.29, 1.82) is 0 Å². The Hall–Kier alpha value is -1.92. The first-order chi connectivity index (χ1) is 11.1. The van der Waals surface area contributed by atoms with Gasteiger partial charge >= 0.3 is 0 Å². The van der Waals surface area contributed by atoms with Crippen LogP contribution in [0.3, 0.4) is 0 Å². The van der Waals surface area contributed by atoms with Crippen molar-refractivity contribution >= 4 is 15.7 Å². The van der Waals surface area contributed by atoms with Crippen LogP contribution >= 0.6 is 0 Å². The molecule has 0 radical (unpaired) electrons. The number of aryl methyl sites for hydroxylation is 1. The van der Waals surface area contributed by atoms with E-state index in [4.69, 9.17) is 0 Å². The van der Waals surface area contributed by atoms with Gasteiger partial charge in [0.2, 0.25) is 10.0 Å². The lowest BCUT2D eigenvalue weighted by Gasteiger charge is -2.35. The van der Waals surface area contributed by atoms with E-state index < -0.39 is 10.0 Å². The van der Waals surface area contributed by atoms with E-state index in [1.54, 1.807) is 10.5 Å². The molecule has 3 rings (SSSR count). The smallest absolute Gasteiger partial charge is 0.214 e. The molecule has 0 unspecified atom stereocenters. The molecule has 1 fully saturated rings. The van der Waals surface area contributed by atoms with Crippen LogP contribution in [0.2, 0.25) is 0 Å². The van der Waals surface area contributed by atoms with E-state index in [-0.39, 0.29) is 5.75 Å². The van der Waals surface area contributed by atoms with Gasteiger partial charge in [-0.05, 0) is 24.3 Å². The van der Waals surface area contributed by atoms with Crippen molar-refractivity contribution in [3.05, 3.63) is 60.4 Å². The fourth-order valence-electron chi connectivity index (χ4n) is 2.77. The predicted molar refractivity (Wildman–Crippen MR) is 92.0 cm³/mol. The van der Waals surface area contributed by atoms with Crippen LogP contribution < -0.4 is 4.90 Å². The lowest BCUT2D eigenvalue weighted by atomic mass is 10.2. The number of aromatic nitrogens is 1. The highest BCUT2D eigenvalue weighted by Crippen LogP contribution is 2.17. The van der Waals surface area contributed by atoms with Crippen molar-refractivity contribution in [2.75, 3.05) is 36.8 Å². The first kappa shape index (κ1) is 16.0. The van der Waals surface area contributed by atoms with Gasteiger partial charge in [0.25, 0.3) is 0 Å². The molecule has 0 N–H and O–H groups in total. The van der Waals surface area contributed by atoms with Crippen LogP contribution in [0.25, 0.3) is 0 Å². The molecule has 122 valence electrons. The minimum atomic E-state index is -3.22. The highest BCUT2D eigenvalue weighted by molar-refractivity contribution is 7.89. The van der Waals surface area contributed by atoms with E-state index in [1.165, 1.54) is 0 Å². The third kappa shape index (κ3) is 4.09. The summed E-state index contributed by atoms with van der Waals surface area (Å²) < 4.78 is 26.6. The first-order valence-electron chi connectivity index (χ1n) is 7.83. The van der Waals surface area contributed by atoms with E-state index in [0.29, 0.717) is 19.5 Å². The third-order valence-electron chi connectivity index (χ3n) is 4.10.